The number of hydrogen-bond acceptors (Lipinski definition) is 3. The molecular weight excluding hydrogens is 272 g/mol. The zero-order chi connectivity index (χ0) is 14.6. The fourth-order valence-electron chi connectivity index (χ4n) is 1.99. The Balaban J connectivity index is 2.10. The van der Waals surface area contributed by atoms with Crippen LogP contribution >= 0.6 is 0 Å². The fourth-order valence-corrected chi connectivity index (χ4v) is 3.48. The Hall–Kier alpha value is -1.72. The first kappa shape index (κ1) is 14.7. The summed E-state index contributed by atoms with van der Waals surface area (Å²) in [5.41, 5.74) is 2.64. The summed E-state index contributed by atoms with van der Waals surface area (Å²) < 4.78 is 27.1. The van der Waals surface area contributed by atoms with E-state index in [9.17, 15) is 8.42 Å². The van der Waals surface area contributed by atoms with Crippen molar-refractivity contribution in [1.82, 2.24) is 9.71 Å². The average Bonchev–Trinajstić information content (AvgIpc) is 2.41. The van der Waals surface area contributed by atoms with Gasteiger partial charge in [0.25, 0.3) is 0 Å². The van der Waals surface area contributed by atoms with Crippen LogP contribution in [0.15, 0.2) is 48.8 Å². The van der Waals surface area contributed by atoms with Crippen LogP contribution in [-0.2, 0) is 15.8 Å². The summed E-state index contributed by atoms with van der Waals surface area (Å²) in [6.45, 7) is 3.72. The maximum absolute atomic E-state index is 12.2. The summed E-state index contributed by atoms with van der Waals surface area (Å²) in [4.78, 5) is 4.00. The van der Waals surface area contributed by atoms with Gasteiger partial charge in [0, 0.05) is 18.4 Å². The van der Waals surface area contributed by atoms with E-state index in [0.29, 0.717) is 0 Å². The molecule has 0 saturated carbocycles. The molecule has 1 aromatic heterocycles. The Labute approximate surface area is 119 Å². The molecular formula is C15H18N2O2S. The average molecular weight is 290 g/mol. The molecule has 106 valence electrons. The highest BCUT2D eigenvalue weighted by Crippen LogP contribution is 2.15. The number of aromatic nitrogens is 1. The Morgan fingerprint density at radius 3 is 2.60 bits per heavy atom. The Morgan fingerprint density at radius 2 is 1.95 bits per heavy atom. The van der Waals surface area contributed by atoms with Gasteiger partial charge in [-0.1, -0.05) is 30.3 Å². The smallest absolute Gasteiger partial charge is 0.216 e. The Morgan fingerprint density at radius 1 is 1.20 bits per heavy atom. The van der Waals surface area contributed by atoms with Crippen LogP contribution in [0.5, 0.6) is 0 Å². The maximum Gasteiger partial charge on any atom is 0.216 e. The molecule has 5 heteroatoms. The van der Waals surface area contributed by atoms with Gasteiger partial charge in [-0.25, -0.2) is 13.1 Å². The topological polar surface area (TPSA) is 59.1 Å². The first-order valence-corrected chi connectivity index (χ1v) is 8.07. The second-order valence-corrected chi connectivity index (χ2v) is 6.57. The normalized spacial score (nSPS) is 13.1. The monoisotopic (exact) mass is 290 g/mol. The number of aryl methyl sites for hydroxylation is 1. The third-order valence-electron chi connectivity index (χ3n) is 3.15. The number of benzene rings is 1. The predicted molar refractivity (Wildman–Crippen MR) is 79.6 cm³/mol. The van der Waals surface area contributed by atoms with E-state index in [0.717, 1.165) is 16.7 Å². The van der Waals surface area contributed by atoms with Crippen molar-refractivity contribution in [3.05, 3.63) is 65.5 Å². The second-order valence-electron chi connectivity index (χ2n) is 4.81. The lowest BCUT2D eigenvalue weighted by atomic mass is 10.1. The van der Waals surface area contributed by atoms with E-state index in [1.165, 1.54) is 0 Å². The minimum absolute atomic E-state index is 0.00965. The summed E-state index contributed by atoms with van der Waals surface area (Å²) in [5, 5.41) is 0. The van der Waals surface area contributed by atoms with E-state index in [1.54, 1.807) is 18.5 Å². The van der Waals surface area contributed by atoms with Gasteiger partial charge >= 0.3 is 0 Å². The van der Waals surface area contributed by atoms with Crippen molar-refractivity contribution in [2.75, 3.05) is 0 Å². The lowest BCUT2D eigenvalue weighted by molar-refractivity contribution is 0.565. The zero-order valence-electron chi connectivity index (χ0n) is 11.6. The van der Waals surface area contributed by atoms with E-state index in [2.05, 4.69) is 9.71 Å². The maximum atomic E-state index is 12.2. The molecule has 1 unspecified atom stereocenters. The van der Waals surface area contributed by atoms with E-state index < -0.39 is 10.0 Å². The molecule has 0 fully saturated rings. The molecule has 0 radical (unpaired) electrons. The van der Waals surface area contributed by atoms with E-state index in [4.69, 9.17) is 0 Å². The summed E-state index contributed by atoms with van der Waals surface area (Å²) in [5.74, 6) is -0.00965. The van der Waals surface area contributed by atoms with Crippen LogP contribution < -0.4 is 4.72 Å². The highest BCUT2D eigenvalue weighted by Gasteiger charge is 2.17. The third-order valence-corrected chi connectivity index (χ3v) is 4.55. The van der Waals surface area contributed by atoms with Gasteiger partial charge in [-0.15, -0.1) is 0 Å². The number of sulfonamides is 1. The van der Waals surface area contributed by atoms with Crippen LogP contribution in [0.3, 0.4) is 0 Å². The largest absolute Gasteiger partial charge is 0.264 e. The SMILES string of the molecule is Cc1ccccc1CS(=O)(=O)NC(C)c1cccnc1. The lowest BCUT2D eigenvalue weighted by Crippen LogP contribution is -2.28. The molecule has 1 atom stereocenters. The predicted octanol–water partition coefficient (Wildman–Crippen LogP) is 2.57. The Kier molecular flexibility index (Phi) is 4.52. The fraction of sp³-hybridized carbons (Fsp3) is 0.267. The molecule has 0 spiro atoms. The zero-order valence-corrected chi connectivity index (χ0v) is 12.4. The second kappa shape index (κ2) is 6.15. The van der Waals surface area contributed by atoms with Crippen LogP contribution in [-0.4, -0.2) is 13.4 Å². The minimum atomic E-state index is -3.38. The molecule has 0 aliphatic heterocycles. The van der Waals surface area contributed by atoms with Gasteiger partial charge in [0.05, 0.1) is 5.75 Å². The van der Waals surface area contributed by atoms with Gasteiger partial charge in [0.15, 0.2) is 0 Å². The highest BCUT2D eigenvalue weighted by molar-refractivity contribution is 7.88. The van der Waals surface area contributed by atoms with Gasteiger partial charge in [-0.2, -0.15) is 0 Å². The van der Waals surface area contributed by atoms with Gasteiger partial charge in [-0.05, 0) is 36.6 Å². The van der Waals surface area contributed by atoms with Gasteiger partial charge < -0.3 is 0 Å². The van der Waals surface area contributed by atoms with Crippen LogP contribution in [0, 0.1) is 6.92 Å². The number of hydrogen-bond donors (Lipinski definition) is 1. The third kappa shape index (κ3) is 3.88. The van der Waals surface area contributed by atoms with Crippen LogP contribution in [0.25, 0.3) is 0 Å². The van der Waals surface area contributed by atoms with E-state index >= 15 is 0 Å². The van der Waals surface area contributed by atoms with Crippen LogP contribution in [0.4, 0.5) is 0 Å². The molecule has 1 aromatic carbocycles. The first-order valence-electron chi connectivity index (χ1n) is 6.42. The summed E-state index contributed by atoms with van der Waals surface area (Å²) in [6, 6.07) is 10.9. The van der Waals surface area contributed by atoms with E-state index in [1.807, 2.05) is 44.2 Å². The van der Waals surface area contributed by atoms with E-state index in [-0.39, 0.29) is 11.8 Å². The van der Waals surface area contributed by atoms with Crippen LogP contribution in [0.2, 0.25) is 0 Å². The van der Waals surface area contributed by atoms with Crippen molar-refractivity contribution in [2.24, 2.45) is 0 Å². The standard InChI is InChI=1S/C15H18N2O2S/c1-12-6-3-4-7-15(12)11-20(18,19)17-13(2)14-8-5-9-16-10-14/h3-10,13,17H,11H2,1-2H3. The molecule has 0 bridgehead atoms. The summed E-state index contributed by atoms with van der Waals surface area (Å²) >= 11 is 0. The van der Waals surface area contributed by atoms with Crippen molar-refractivity contribution >= 4 is 10.0 Å². The molecule has 0 aliphatic rings. The molecule has 0 amide bonds. The molecule has 1 N–H and O–H groups in total. The van der Waals surface area contributed by atoms with Gasteiger partial charge in [0.2, 0.25) is 10.0 Å². The molecule has 0 saturated heterocycles. The number of rotatable bonds is 5. The van der Waals surface area contributed by atoms with Gasteiger partial charge in [-0.3, -0.25) is 4.98 Å². The Bertz CT molecular complexity index is 669. The van der Waals surface area contributed by atoms with Crippen molar-refractivity contribution in [2.45, 2.75) is 25.6 Å². The van der Waals surface area contributed by atoms with Crippen molar-refractivity contribution < 1.29 is 8.42 Å². The van der Waals surface area contributed by atoms with Crippen molar-refractivity contribution in [1.29, 1.82) is 0 Å². The highest BCUT2D eigenvalue weighted by atomic mass is 32.2. The lowest BCUT2D eigenvalue weighted by Gasteiger charge is -2.15. The number of nitrogens with one attached hydrogen (secondary N) is 1. The summed E-state index contributed by atoms with van der Waals surface area (Å²) in [7, 11) is -3.38. The van der Waals surface area contributed by atoms with Gasteiger partial charge in [0.1, 0.15) is 0 Å². The van der Waals surface area contributed by atoms with Crippen molar-refractivity contribution in [3.8, 4) is 0 Å². The minimum Gasteiger partial charge on any atom is -0.264 e. The molecule has 1 heterocycles. The van der Waals surface area contributed by atoms with Crippen molar-refractivity contribution in [3.63, 3.8) is 0 Å². The molecule has 0 aliphatic carbocycles. The summed E-state index contributed by atoms with van der Waals surface area (Å²) in [6.07, 6.45) is 3.33. The molecule has 4 nitrogen and oxygen atoms in total. The van der Waals surface area contributed by atoms with Crippen LogP contribution in [0.1, 0.15) is 29.7 Å². The number of pyridine rings is 1. The molecule has 20 heavy (non-hydrogen) atoms. The first-order chi connectivity index (χ1) is 9.48. The molecule has 2 rings (SSSR count). The molecule has 2 aromatic rings. The number of nitrogens with zero attached hydrogens (tertiary/aromatic N) is 1. The quantitative estimate of drug-likeness (QED) is 0.920.